The number of benzene rings is 1. The van der Waals surface area contributed by atoms with Gasteiger partial charge in [0.1, 0.15) is 17.5 Å². The fourth-order valence-electron chi connectivity index (χ4n) is 5.27. The highest BCUT2D eigenvalue weighted by Crippen LogP contribution is 2.43. The number of aryl methyl sites for hydroxylation is 1. The van der Waals surface area contributed by atoms with Gasteiger partial charge in [-0.05, 0) is 51.8 Å². The Morgan fingerprint density at radius 3 is 2.58 bits per heavy atom. The highest BCUT2D eigenvalue weighted by molar-refractivity contribution is 6.30. The average molecular weight is 518 g/mol. The molecule has 0 saturated carbocycles. The molecular weight excluding hydrogens is 488 g/mol. The Labute approximate surface area is 214 Å². The highest BCUT2D eigenvalue weighted by atomic mass is 35.5. The number of H-pyrrole nitrogens is 1. The van der Waals surface area contributed by atoms with E-state index >= 15 is 0 Å². The summed E-state index contributed by atoms with van der Waals surface area (Å²) in [6.07, 6.45) is 0.891. The van der Waals surface area contributed by atoms with Crippen molar-refractivity contribution in [3.05, 3.63) is 70.0 Å². The molecule has 3 aromatic rings. The zero-order valence-electron chi connectivity index (χ0n) is 20.7. The fraction of sp³-hybridized carbons (Fsp3) is 0.423. The summed E-state index contributed by atoms with van der Waals surface area (Å²) in [6.45, 7) is 6.19. The van der Waals surface area contributed by atoms with E-state index in [9.17, 15) is 13.6 Å². The molecule has 0 bridgehead atoms. The number of nitrogens with zero attached hydrogens (tertiary/aromatic N) is 3. The number of nitrogens with one attached hydrogen (secondary N) is 2. The second kappa shape index (κ2) is 10.5. The van der Waals surface area contributed by atoms with Crippen LogP contribution in [0.25, 0.3) is 0 Å². The standard InChI is InChI=1S/C26H30ClF2N5O2/c1-15-10-23(33-32-15)31-22-9-8-20(28)21(30-22)13-26(25(35)36-4)11-16(2)34(17(3)12-26)14-18-6-5-7-19(27)24(18)29/h5-10,16-17H,11-14H2,1-4H3,(H2,30,31,32,33). The lowest BCUT2D eigenvalue weighted by atomic mass is 9.69. The number of methoxy groups -OCH3 is 1. The summed E-state index contributed by atoms with van der Waals surface area (Å²) in [7, 11) is 1.34. The number of hydrogen-bond acceptors (Lipinski definition) is 6. The number of pyridine rings is 1. The molecule has 2 N–H and O–H groups in total. The minimum Gasteiger partial charge on any atom is -0.469 e. The molecule has 0 spiro atoms. The molecule has 36 heavy (non-hydrogen) atoms. The van der Waals surface area contributed by atoms with E-state index in [0.717, 1.165) is 5.69 Å². The average Bonchev–Trinajstić information content (AvgIpc) is 3.25. The van der Waals surface area contributed by atoms with Gasteiger partial charge in [0, 0.05) is 42.4 Å². The topological polar surface area (TPSA) is 83.1 Å². The fourth-order valence-corrected chi connectivity index (χ4v) is 5.47. The summed E-state index contributed by atoms with van der Waals surface area (Å²) in [5.41, 5.74) is 0.557. The van der Waals surface area contributed by atoms with Gasteiger partial charge in [-0.25, -0.2) is 13.8 Å². The number of rotatable bonds is 7. The first-order valence-corrected chi connectivity index (χ1v) is 12.2. The Hall–Kier alpha value is -3.04. The van der Waals surface area contributed by atoms with Gasteiger partial charge in [0.05, 0.1) is 23.2 Å². The Balaban J connectivity index is 1.59. The van der Waals surface area contributed by atoms with Crippen LogP contribution in [0.15, 0.2) is 36.4 Å². The van der Waals surface area contributed by atoms with E-state index < -0.39 is 23.0 Å². The second-order valence-corrected chi connectivity index (χ2v) is 10.0. The number of anilines is 2. The molecule has 0 radical (unpaired) electrons. The largest absolute Gasteiger partial charge is 0.469 e. The number of aromatic nitrogens is 3. The summed E-state index contributed by atoms with van der Waals surface area (Å²) in [5.74, 6) is -0.356. The zero-order chi connectivity index (χ0) is 26.0. The molecule has 7 nitrogen and oxygen atoms in total. The van der Waals surface area contributed by atoms with Crippen LogP contribution in [0.4, 0.5) is 20.4 Å². The van der Waals surface area contributed by atoms with Crippen molar-refractivity contribution in [2.24, 2.45) is 5.41 Å². The van der Waals surface area contributed by atoms with E-state index in [2.05, 4.69) is 25.4 Å². The first-order chi connectivity index (χ1) is 17.1. The van der Waals surface area contributed by atoms with Crippen molar-refractivity contribution in [1.82, 2.24) is 20.1 Å². The van der Waals surface area contributed by atoms with E-state index in [0.29, 0.717) is 36.6 Å². The summed E-state index contributed by atoms with van der Waals surface area (Å²) < 4.78 is 34.7. The van der Waals surface area contributed by atoms with Crippen molar-refractivity contribution in [1.29, 1.82) is 0 Å². The molecule has 1 aliphatic heterocycles. The molecule has 10 heteroatoms. The smallest absolute Gasteiger partial charge is 0.312 e. The van der Waals surface area contributed by atoms with E-state index in [4.69, 9.17) is 16.3 Å². The normalized spacial score (nSPS) is 22.4. The minimum absolute atomic E-state index is 0.0776. The van der Waals surface area contributed by atoms with Crippen LogP contribution in [0.5, 0.6) is 0 Å². The number of likely N-dealkylation sites (tertiary alicyclic amines) is 1. The summed E-state index contributed by atoms with van der Waals surface area (Å²) in [6, 6.07) is 9.40. The Bertz CT molecular complexity index is 1240. The maximum absolute atomic E-state index is 14.9. The van der Waals surface area contributed by atoms with Crippen molar-refractivity contribution in [2.75, 3.05) is 12.4 Å². The molecule has 1 aliphatic rings. The summed E-state index contributed by atoms with van der Waals surface area (Å²) in [4.78, 5) is 19.7. The molecule has 3 heterocycles. The van der Waals surface area contributed by atoms with E-state index in [1.54, 1.807) is 12.1 Å². The van der Waals surface area contributed by atoms with E-state index in [1.807, 2.05) is 26.8 Å². The van der Waals surface area contributed by atoms with Crippen LogP contribution in [0, 0.1) is 24.0 Å². The van der Waals surface area contributed by atoms with Crippen molar-refractivity contribution < 1.29 is 18.3 Å². The minimum atomic E-state index is -0.980. The third-order valence-corrected chi connectivity index (χ3v) is 7.19. The van der Waals surface area contributed by atoms with Gasteiger partial charge in [0.2, 0.25) is 0 Å². The molecule has 2 unspecified atom stereocenters. The number of hydrogen-bond donors (Lipinski definition) is 2. The predicted molar refractivity (Wildman–Crippen MR) is 134 cm³/mol. The number of halogens is 3. The zero-order valence-corrected chi connectivity index (χ0v) is 21.5. The van der Waals surface area contributed by atoms with Gasteiger partial charge >= 0.3 is 5.97 Å². The highest BCUT2D eigenvalue weighted by Gasteiger charge is 2.48. The van der Waals surface area contributed by atoms with E-state index in [-0.39, 0.29) is 29.2 Å². The Kier molecular flexibility index (Phi) is 7.61. The maximum atomic E-state index is 14.9. The SMILES string of the molecule is COC(=O)C1(Cc2nc(Nc3cc(C)[nH]n3)ccc2F)CC(C)N(Cc2cccc(Cl)c2F)C(C)C1. The molecule has 192 valence electrons. The monoisotopic (exact) mass is 517 g/mol. The van der Waals surface area contributed by atoms with Crippen LogP contribution >= 0.6 is 11.6 Å². The summed E-state index contributed by atoms with van der Waals surface area (Å²) in [5, 5.41) is 10.1. The third-order valence-electron chi connectivity index (χ3n) is 6.89. The molecule has 1 saturated heterocycles. The Morgan fingerprint density at radius 1 is 1.22 bits per heavy atom. The molecule has 0 aliphatic carbocycles. The van der Waals surface area contributed by atoms with Gasteiger partial charge in [-0.2, -0.15) is 5.10 Å². The van der Waals surface area contributed by atoms with Crippen LogP contribution in [-0.4, -0.2) is 45.2 Å². The predicted octanol–water partition coefficient (Wildman–Crippen LogP) is 5.56. The lowest BCUT2D eigenvalue weighted by Crippen LogP contribution is -2.54. The molecule has 4 rings (SSSR count). The number of carbonyl (C=O) groups is 1. The Morgan fingerprint density at radius 2 is 1.94 bits per heavy atom. The second-order valence-electron chi connectivity index (χ2n) is 9.63. The number of aromatic amines is 1. The number of ether oxygens (including phenoxy) is 1. The van der Waals surface area contributed by atoms with Gasteiger partial charge in [-0.3, -0.25) is 14.8 Å². The van der Waals surface area contributed by atoms with Crippen molar-refractivity contribution >= 4 is 29.2 Å². The maximum Gasteiger partial charge on any atom is 0.312 e. The van der Waals surface area contributed by atoms with Gasteiger partial charge in [-0.1, -0.05) is 23.7 Å². The molecule has 1 fully saturated rings. The van der Waals surface area contributed by atoms with Gasteiger partial charge in [0.15, 0.2) is 5.82 Å². The van der Waals surface area contributed by atoms with Crippen LogP contribution in [0.1, 0.15) is 43.6 Å². The van der Waals surface area contributed by atoms with Crippen molar-refractivity contribution in [3.63, 3.8) is 0 Å². The summed E-state index contributed by atoms with van der Waals surface area (Å²) >= 11 is 5.97. The van der Waals surface area contributed by atoms with Crippen LogP contribution < -0.4 is 5.32 Å². The molecule has 1 aromatic carbocycles. The van der Waals surface area contributed by atoms with Crippen LogP contribution in [-0.2, 0) is 22.5 Å². The van der Waals surface area contributed by atoms with Crippen molar-refractivity contribution in [3.8, 4) is 0 Å². The quantitative estimate of drug-likeness (QED) is 0.399. The van der Waals surface area contributed by atoms with Gasteiger partial charge < -0.3 is 10.1 Å². The van der Waals surface area contributed by atoms with Crippen LogP contribution in [0.3, 0.4) is 0 Å². The lowest BCUT2D eigenvalue weighted by Gasteiger charge is -2.48. The number of piperidine rings is 1. The van der Waals surface area contributed by atoms with Crippen LogP contribution in [0.2, 0.25) is 5.02 Å². The first-order valence-electron chi connectivity index (χ1n) is 11.8. The number of esters is 1. The molecule has 0 amide bonds. The lowest BCUT2D eigenvalue weighted by molar-refractivity contribution is -0.159. The first kappa shape index (κ1) is 26.0. The number of carbonyl (C=O) groups excluding carboxylic acids is 1. The van der Waals surface area contributed by atoms with Gasteiger partial charge in [-0.15, -0.1) is 0 Å². The van der Waals surface area contributed by atoms with Crippen molar-refractivity contribution in [2.45, 2.75) is 58.7 Å². The third kappa shape index (κ3) is 5.37. The molecule has 2 atom stereocenters. The molecular formula is C26H30ClF2N5O2. The van der Waals surface area contributed by atoms with E-state index in [1.165, 1.54) is 25.3 Å². The molecule has 2 aromatic heterocycles. The van der Waals surface area contributed by atoms with Gasteiger partial charge in [0.25, 0.3) is 0 Å².